The number of aryl methyl sites for hydroxylation is 1. The number of aromatic amines is 1. The van der Waals surface area contributed by atoms with Crippen LogP contribution in [0.25, 0.3) is 0 Å². The van der Waals surface area contributed by atoms with E-state index in [4.69, 9.17) is 4.74 Å². The second-order valence-electron chi connectivity index (χ2n) is 6.40. The molecule has 0 spiro atoms. The van der Waals surface area contributed by atoms with Crippen molar-refractivity contribution in [3.63, 3.8) is 0 Å². The summed E-state index contributed by atoms with van der Waals surface area (Å²) in [5.74, 6) is -0.345. The predicted molar refractivity (Wildman–Crippen MR) is 91.7 cm³/mol. The van der Waals surface area contributed by atoms with Crippen LogP contribution in [0.1, 0.15) is 36.3 Å². The van der Waals surface area contributed by atoms with Gasteiger partial charge >= 0.3 is 6.03 Å². The Kier molecular flexibility index (Phi) is 5.33. The molecular weight excluding hydrogens is 323 g/mol. The van der Waals surface area contributed by atoms with Crippen molar-refractivity contribution in [2.45, 2.75) is 44.4 Å². The molecule has 1 aromatic carbocycles. The fraction of sp³-hybridized carbons (Fsp3) is 0.444. The van der Waals surface area contributed by atoms with Crippen molar-refractivity contribution in [2.75, 3.05) is 7.11 Å². The summed E-state index contributed by atoms with van der Waals surface area (Å²) in [6.45, 7) is 1.80. The molecule has 2 aromatic rings. The van der Waals surface area contributed by atoms with Crippen molar-refractivity contribution in [3.05, 3.63) is 53.1 Å². The Bertz CT molecular complexity index is 733. The van der Waals surface area contributed by atoms with E-state index in [0.717, 1.165) is 25.0 Å². The number of nitrogens with zero attached hydrogens (tertiary/aromatic N) is 1. The SMILES string of the molecule is CO[C@H](c1ccccc1F)[C@@H](C)NC(=O)N[C@@H]1CCc2cn[nH]c2C1. The van der Waals surface area contributed by atoms with Crippen LogP contribution in [-0.2, 0) is 17.6 Å². The average molecular weight is 346 g/mol. The minimum Gasteiger partial charge on any atom is -0.375 e. The van der Waals surface area contributed by atoms with E-state index in [0.29, 0.717) is 5.56 Å². The highest BCUT2D eigenvalue weighted by atomic mass is 19.1. The van der Waals surface area contributed by atoms with E-state index < -0.39 is 6.10 Å². The fourth-order valence-corrected chi connectivity index (χ4v) is 3.35. The number of hydrogen-bond donors (Lipinski definition) is 3. The number of H-pyrrole nitrogens is 1. The monoisotopic (exact) mass is 346 g/mol. The highest BCUT2D eigenvalue weighted by Crippen LogP contribution is 2.23. The van der Waals surface area contributed by atoms with Crippen LogP contribution in [0.3, 0.4) is 0 Å². The Labute approximate surface area is 146 Å². The molecule has 0 saturated heterocycles. The van der Waals surface area contributed by atoms with Crippen LogP contribution in [0.4, 0.5) is 9.18 Å². The van der Waals surface area contributed by atoms with E-state index in [1.165, 1.54) is 18.7 Å². The van der Waals surface area contributed by atoms with Crippen LogP contribution < -0.4 is 10.6 Å². The number of nitrogens with one attached hydrogen (secondary N) is 3. The number of ether oxygens (including phenoxy) is 1. The summed E-state index contributed by atoms with van der Waals surface area (Å²) < 4.78 is 19.4. The molecule has 1 aromatic heterocycles. The molecule has 0 unspecified atom stereocenters. The topological polar surface area (TPSA) is 79.0 Å². The van der Waals surface area contributed by atoms with Crippen molar-refractivity contribution >= 4 is 6.03 Å². The minimum absolute atomic E-state index is 0.0506. The number of fused-ring (bicyclic) bond motifs is 1. The maximum atomic E-state index is 14.0. The van der Waals surface area contributed by atoms with Crippen LogP contribution in [0.5, 0.6) is 0 Å². The molecular formula is C18H23FN4O2. The molecule has 6 nitrogen and oxygen atoms in total. The highest BCUT2D eigenvalue weighted by Gasteiger charge is 2.25. The lowest BCUT2D eigenvalue weighted by atomic mass is 9.94. The van der Waals surface area contributed by atoms with Gasteiger partial charge in [-0.2, -0.15) is 5.10 Å². The summed E-state index contributed by atoms with van der Waals surface area (Å²) in [4.78, 5) is 12.3. The number of rotatable bonds is 5. The first-order valence-corrected chi connectivity index (χ1v) is 8.44. The van der Waals surface area contributed by atoms with E-state index >= 15 is 0 Å². The second-order valence-corrected chi connectivity index (χ2v) is 6.40. The Hall–Kier alpha value is -2.41. The summed E-state index contributed by atoms with van der Waals surface area (Å²) in [7, 11) is 1.51. The number of benzene rings is 1. The molecule has 3 atom stereocenters. The van der Waals surface area contributed by atoms with Gasteiger partial charge in [0.2, 0.25) is 0 Å². The standard InChI is InChI=1S/C18H23FN4O2/c1-11(17(25-2)14-5-3-4-6-15(14)19)21-18(24)22-13-8-7-12-10-20-23-16(12)9-13/h3-6,10-11,13,17H,7-9H2,1-2H3,(H,20,23)(H2,21,22,24)/t11-,13-,17+/m1/s1. The van der Waals surface area contributed by atoms with Crippen LogP contribution in [-0.4, -0.2) is 35.4 Å². The number of halogens is 1. The number of aromatic nitrogens is 2. The molecule has 0 radical (unpaired) electrons. The lowest BCUT2D eigenvalue weighted by Gasteiger charge is -2.27. The maximum absolute atomic E-state index is 14.0. The van der Waals surface area contributed by atoms with E-state index in [1.807, 2.05) is 6.20 Å². The second kappa shape index (κ2) is 7.65. The van der Waals surface area contributed by atoms with Gasteiger partial charge in [0, 0.05) is 30.8 Å². The van der Waals surface area contributed by atoms with E-state index in [2.05, 4.69) is 20.8 Å². The molecule has 1 aliphatic carbocycles. The third-order valence-electron chi connectivity index (χ3n) is 4.63. The van der Waals surface area contributed by atoms with Crippen molar-refractivity contribution in [1.29, 1.82) is 0 Å². The first-order chi connectivity index (χ1) is 12.1. The summed E-state index contributed by atoms with van der Waals surface area (Å²) in [6, 6.07) is 5.82. The average Bonchev–Trinajstić information content (AvgIpc) is 3.04. The third-order valence-corrected chi connectivity index (χ3v) is 4.63. The van der Waals surface area contributed by atoms with Crippen LogP contribution in [0.15, 0.2) is 30.5 Å². The van der Waals surface area contributed by atoms with Gasteiger partial charge in [-0.05, 0) is 31.4 Å². The molecule has 134 valence electrons. The predicted octanol–water partition coefficient (Wildman–Crippen LogP) is 2.48. The van der Waals surface area contributed by atoms with Crippen LogP contribution >= 0.6 is 0 Å². The van der Waals surface area contributed by atoms with Gasteiger partial charge in [-0.25, -0.2) is 9.18 Å². The van der Waals surface area contributed by atoms with Gasteiger partial charge in [0.05, 0.1) is 12.2 Å². The third kappa shape index (κ3) is 3.99. The quantitative estimate of drug-likeness (QED) is 0.778. The molecule has 0 fully saturated rings. The number of urea groups is 1. The Balaban J connectivity index is 1.58. The van der Waals surface area contributed by atoms with E-state index in [-0.39, 0.29) is 23.9 Å². The van der Waals surface area contributed by atoms with Crippen LogP contribution in [0, 0.1) is 5.82 Å². The van der Waals surface area contributed by atoms with Crippen molar-refractivity contribution < 1.29 is 13.9 Å². The molecule has 25 heavy (non-hydrogen) atoms. The van der Waals surface area contributed by atoms with Gasteiger partial charge in [-0.15, -0.1) is 0 Å². The van der Waals surface area contributed by atoms with Crippen molar-refractivity contribution in [2.24, 2.45) is 0 Å². The molecule has 0 bridgehead atoms. The number of carbonyl (C=O) groups excluding carboxylic acids is 1. The number of carbonyl (C=O) groups is 1. The van der Waals surface area contributed by atoms with Gasteiger partial charge in [0.1, 0.15) is 11.9 Å². The Morgan fingerprint density at radius 2 is 2.24 bits per heavy atom. The Morgan fingerprint density at radius 1 is 1.44 bits per heavy atom. The molecule has 3 N–H and O–H groups in total. The molecule has 0 saturated carbocycles. The van der Waals surface area contributed by atoms with E-state index in [1.54, 1.807) is 25.1 Å². The Morgan fingerprint density at radius 3 is 3.00 bits per heavy atom. The molecule has 7 heteroatoms. The number of hydrogen-bond acceptors (Lipinski definition) is 3. The first-order valence-electron chi connectivity index (χ1n) is 8.44. The summed E-state index contributed by atoms with van der Waals surface area (Å²) >= 11 is 0. The van der Waals surface area contributed by atoms with Crippen molar-refractivity contribution in [3.8, 4) is 0 Å². The zero-order valence-corrected chi connectivity index (χ0v) is 14.4. The number of amides is 2. The van der Waals surface area contributed by atoms with Gasteiger partial charge in [-0.1, -0.05) is 18.2 Å². The summed E-state index contributed by atoms with van der Waals surface area (Å²) in [6.07, 6.45) is 3.78. The molecule has 1 aliphatic rings. The van der Waals surface area contributed by atoms with Crippen LogP contribution in [0.2, 0.25) is 0 Å². The van der Waals surface area contributed by atoms with Gasteiger partial charge in [-0.3, -0.25) is 5.10 Å². The smallest absolute Gasteiger partial charge is 0.315 e. The molecule has 2 amide bonds. The zero-order valence-electron chi connectivity index (χ0n) is 14.4. The van der Waals surface area contributed by atoms with Gasteiger partial charge in [0.25, 0.3) is 0 Å². The zero-order chi connectivity index (χ0) is 17.8. The molecule has 1 heterocycles. The largest absolute Gasteiger partial charge is 0.375 e. The summed E-state index contributed by atoms with van der Waals surface area (Å²) in [5.41, 5.74) is 2.72. The highest BCUT2D eigenvalue weighted by molar-refractivity contribution is 5.74. The lowest BCUT2D eigenvalue weighted by molar-refractivity contribution is 0.0731. The first kappa shape index (κ1) is 17.4. The minimum atomic E-state index is -0.558. The molecule has 0 aliphatic heterocycles. The normalized spacial score (nSPS) is 18.9. The maximum Gasteiger partial charge on any atom is 0.315 e. The van der Waals surface area contributed by atoms with E-state index in [9.17, 15) is 9.18 Å². The summed E-state index contributed by atoms with van der Waals surface area (Å²) in [5, 5.41) is 12.8. The van der Waals surface area contributed by atoms with Crippen molar-refractivity contribution in [1.82, 2.24) is 20.8 Å². The van der Waals surface area contributed by atoms with Gasteiger partial charge in [0.15, 0.2) is 0 Å². The number of methoxy groups -OCH3 is 1. The molecule has 3 rings (SSSR count). The van der Waals surface area contributed by atoms with Gasteiger partial charge < -0.3 is 15.4 Å². The fourth-order valence-electron chi connectivity index (χ4n) is 3.35. The lowest BCUT2D eigenvalue weighted by Crippen LogP contribution is -2.48.